The Morgan fingerprint density at radius 3 is 2.83 bits per heavy atom. The van der Waals surface area contributed by atoms with Crippen LogP contribution in [-0.2, 0) is 6.54 Å². The molecule has 6 rings (SSSR count). The molecule has 0 aromatic carbocycles. The molecular weight excluding hydrogens is 463 g/mol. The molecule has 6 aromatic rings. The van der Waals surface area contributed by atoms with E-state index in [4.69, 9.17) is 4.98 Å². The van der Waals surface area contributed by atoms with Gasteiger partial charge in [0.1, 0.15) is 22.7 Å². The van der Waals surface area contributed by atoms with E-state index >= 15 is 4.39 Å². The maximum atomic E-state index is 15.9. The SMILES string of the molecule is CCNCc1cncc(-c2cnc3[nH]nc(-c4nc5c(-c6ccc(C)s6)nccc5[nH]4)c3c2F)c1. The molecule has 0 aliphatic heterocycles. The lowest BCUT2D eigenvalue weighted by Gasteiger charge is -2.07. The number of hydrogen-bond donors (Lipinski definition) is 3. The van der Waals surface area contributed by atoms with Crippen molar-refractivity contribution in [3.63, 3.8) is 0 Å². The molecule has 0 fully saturated rings. The molecule has 6 aromatic heterocycles. The number of rotatable bonds is 6. The normalized spacial score (nSPS) is 11.6. The Morgan fingerprint density at radius 2 is 2.00 bits per heavy atom. The van der Waals surface area contributed by atoms with Gasteiger partial charge in [-0.05, 0) is 43.3 Å². The van der Waals surface area contributed by atoms with Gasteiger partial charge in [-0.15, -0.1) is 11.3 Å². The van der Waals surface area contributed by atoms with Gasteiger partial charge in [0.25, 0.3) is 0 Å². The molecule has 0 bridgehead atoms. The Kier molecular flexibility index (Phi) is 5.31. The van der Waals surface area contributed by atoms with Crippen LogP contribution in [-0.4, -0.2) is 41.7 Å². The number of nitrogens with zero attached hydrogens (tertiary/aromatic N) is 5. The molecule has 0 aliphatic carbocycles. The Labute approximate surface area is 203 Å². The zero-order valence-electron chi connectivity index (χ0n) is 19.1. The minimum Gasteiger partial charge on any atom is -0.336 e. The van der Waals surface area contributed by atoms with Crippen LogP contribution in [0.25, 0.3) is 55.3 Å². The summed E-state index contributed by atoms with van der Waals surface area (Å²) < 4.78 is 15.9. The third kappa shape index (κ3) is 3.76. The molecule has 0 unspecified atom stereocenters. The first kappa shape index (κ1) is 21.5. The first-order valence-electron chi connectivity index (χ1n) is 11.2. The summed E-state index contributed by atoms with van der Waals surface area (Å²) >= 11 is 1.65. The quantitative estimate of drug-likeness (QED) is 0.298. The van der Waals surface area contributed by atoms with Crippen LogP contribution in [0.3, 0.4) is 0 Å². The maximum absolute atomic E-state index is 15.9. The molecule has 35 heavy (non-hydrogen) atoms. The molecule has 0 spiro atoms. The number of aromatic nitrogens is 7. The van der Waals surface area contributed by atoms with Gasteiger partial charge >= 0.3 is 0 Å². The van der Waals surface area contributed by atoms with Crippen molar-refractivity contribution in [2.45, 2.75) is 20.4 Å². The summed E-state index contributed by atoms with van der Waals surface area (Å²) in [5, 5.41) is 10.7. The van der Waals surface area contributed by atoms with Crippen LogP contribution in [0.2, 0.25) is 0 Å². The summed E-state index contributed by atoms with van der Waals surface area (Å²) in [6.07, 6.45) is 6.66. The molecule has 0 radical (unpaired) electrons. The molecule has 0 amide bonds. The summed E-state index contributed by atoms with van der Waals surface area (Å²) in [6, 6.07) is 7.86. The van der Waals surface area contributed by atoms with E-state index in [1.165, 1.54) is 11.1 Å². The molecule has 10 heteroatoms. The van der Waals surface area contributed by atoms with Crippen molar-refractivity contribution in [3.05, 3.63) is 65.3 Å². The van der Waals surface area contributed by atoms with Gasteiger partial charge in [-0.25, -0.2) is 14.4 Å². The van der Waals surface area contributed by atoms with Crippen LogP contribution >= 0.6 is 11.3 Å². The molecule has 3 N–H and O–H groups in total. The Hall–Kier alpha value is -4.02. The molecule has 0 saturated carbocycles. The van der Waals surface area contributed by atoms with Crippen molar-refractivity contribution in [1.29, 1.82) is 0 Å². The highest BCUT2D eigenvalue weighted by Crippen LogP contribution is 2.35. The first-order chi connectivity index (χ1) is 17.1. The lowest BCUT2D eigenvalue weighted by Crippen LogP contribution is -2.11. The van der Waals surface area contributed by atoms with Crippen LogP contribution < -0.4 is 5.32 Å². The number of aromatic amines is 2. The highest BCUT2D eigenvalue weighted by molar-refractivity contribution is 7.15. The Bertz CT molecular complexity index is 1680. The molecular formula is C25H21FN8S. The number of imidazole rings is 1. The summed E-state index contributed by atoms with van der Waals surface area (Å²) in [6.45, 7) is 5.59. The summed E-state index contributed by atoms with van der Waals surface area (Å²) in [7, 11) is 0. The number of hydrogen-bond acceptors (Lipinski definition) is 7. The minimum atomic E-state index is -0.422. The van der Waals surface area contributed by atoms with Gasteiger partial charge in [0, 0.05) is 47.3 Å². The largest absolute Gasteiger partial charge is 0.336 e. The highest BCUT2D eigenvalue weighted by atomic mass is 32.1. The van der Waals surface area contributed by atoms with E-state index < -0.39 is 5.82 Å². The number of aryl methyl sites for hydroxylation is 1. The third-order valence-corrected chi connectivity index (χ3v) is 6.82. The number of fused-ring (bicyclic) bond motifs is 2. The topological polar surface area (TPSA) is 108 Å². The Balaban J connectivity index is 1.48. The second-order valence-corrected chi connectivity index (χ2v) is 9.48. The summed E-state index contributed by atoms with van der Waals surface area (Å²) in [5.74, 6) is 0.0273. The van der Waals surface area contributed by atoms with Gasteiger partial charge in [-0.1, -0.05) is 6.92 Å². The van der Waals surface area contributed by atoms with E-state index in [1.807, 2.05) is 25.1 Å². The van der Waals surface area contributed by atoms with E-state index in [2.05, 4.69) is 48.4 Å². The highest BCUT2D eigenvalue weighted by Gasteiger charge is 2.21. The average molecular weight is 485 g/mol. The number of thiophene rings is 1. The third-order valence-electron chi connectivity index (χ3n) is 5.81. The molecule has 174 valence electrons. The van der Waals surface area contributed by atoms with Crippen molar-refractivity contribution in [2.75, 3.05) is 6.54 Å². The molecule has 0 atom stereocenters. The second-order valence-electron chi connectivity index (χ2n) is 8.20. The van der Waals surface area contributed by atoms with Crippen LogP contribution in [0.15, 0.2) is 49.1 Å². The van der Waals surface area contributed by atoms with Gasteiger partial charge in [-0.3, -0.25) is 15.1 Å². The van der Waals surface area contributed by atoms with Crippen molar-refractivity contribution in [2.24, 2.45) is 0 Å². The fourth-order valence-electron chi connectivity index (χ4n) is 4.12. The monoisotopic (exact) mass is 484 g/mol. The molecule has 0 saturated heterocycles. The Morgan fingerprint density at radius 1 is 1.09 bits per heavy atom. The molecule has 0 aliphatic rings. The fraction of sp³-hybridized carbons (Fsp3) is 0.160. The fourth-order valence-corrected chi connectivity index (χ4v) is 4.98. The number of H-pyrrole nitrogens is 2. The van der Waals surface area contributed by atoms with Gasteiger partial charge in [0.15, 0.2) is 11.5 Å². The van der Waals surface area contributed by atoms with Crippen molar-refractivity contribution < 1.29 is 4.39 Å². The van der Waals surface area contributed by atoms with Crippen molar-refractivity contribution in [3.8, 4) is 33.2 Å². The van der Waals surface area contributed by atoms with E-state index in [0.29, 0.717) is 40.4 Å². The van der Waals surface area contributed by atoms with Crippen molar-refractivity contribution >= 4 is 33.4 Å². The lowest BCUT2D eigenvalue weighted by atomic mass is 10.1. The van der Waals surface area contributed by atoms with E-state index in [9.17, 15) is 0 Å². The maximum Gasteiger partial charge on any atom is 0.159 e. The van der Waals surface area contributed by atoms with Crippen LogP contribution in [0.4, 0.5) is 4.39 Å². The average Bonchev–Trinajstić information content (AvgIpc) is 3.60. The smallest absolute Gasteiger partial charge is 0.159 e. The predicted molar refractivity (Wildman–Crippen MR) is 135 cm³/mol. The van der Waals surface area contributed by atoms with E-state index in [1.54, 1.807) is 29.9 Å². The predicted octanol–water partition coefficient (Wildman–Crippen LogP) is 5.24. The number of pyridine rings is 3. The minimum absolute atomic E-state index is 0.278. The van der Waals surface area contributed by atoms with E-state index in [-0.39, 0.29) is 5.39 Å². The molecule has 8 nitrogen and oxygen atoms in total. The van der Waals surface area contributed by atoms with Crippen LogP contribution in [0, 0.1) is 12.7 Å². The zero-order valence-corrected chi connectivity index (χ0v) is 19.9. The van der Waals surface area contributed by atoms with Gasteiger partial charge in [-0.2, -0.15) is 5.10 Å². The number of halogens is 1. The van der Waals surface area contributed by atoms with Gasteiger partial charge in [0.2, 0.25) is 0 Å². The van der Waals surface area contributed by atoms with Crippen molar-refractivity contribution in [1.82, 2.24) is 40.4 Å². The van der Waals surface area contributed by atoms with Crippen LogP contribution in [0.1, 0.15) is 17.4 Å². The van der Waals surface area contributed by atoms with Gasteiger partial charge in [0.05, 0.1) is 15.8 Å². The van der Waals surface area contributed by atoms with Crippen LogP contribution in [0.5, 0.6) is 0 Å². The zero-order chi connectivity index (χ0) is 23.9. The van der Waals surface area contributed by atoms with E-state index in [0.717, 1.165) is 28.2 Å². The molecule has 6 heterocycles. The lowest BCUT2D eigenvalue weighted by molar-refractivity contribution is 0.642. The second kappa shape index (κ2) is 8.64. The summed E-state index contributed by atoms with van der Waals surface area (Å²) in [4.78, 5) is 23.5. The first-order valence-corrected chi connectivity index (χ1v) is 12.0. The standard InChI is InChI=1S/C25H21FN8S/c1-3-27-9-14-8-15(11-28-10-14)16-12-30-24-19(20(16)26)23(33-34-24)25-31-17-6-7-29-22(21(17)32-25)18-5-4-13(2)35-18/h4-8,10-12,27H,3,9H2,1-2H3,(H,31,32)(H,30,33,34). The number of nitrogens with one attached hydrogen (secondary N) is 3. The van der Waals surface area contributed by atoms with Gasteiger partial charge < -0.3 is 10.3 Å². The summed E-state index contributed by atoms with van der Waals surface area (Å²) in [5.41, 5.74) is 5.01.